The molecule has 3 heterocycles. The molecule has 2 aliphatic rings. The van der Waals surface area contributed by atoms with Crippen LogP contribution >= 0.6 is 0 Å². The van der Waals surface area contributed by atoms with Crippen LogP contribution in [0.3, 0.4) is 0 Å². The summed E-state index contributed by atoms with van der Waals surface area (Å²) in [5.41, 5.74) is 1.92. The van der Waals surface area contributed by atoms with E-state index < -0.39 is 6.04 Å². The van der Waals surface area contributed by atoms with Crippen molar-refractivity contribution in [2.45, 2.75) is 32.4 Å². The fourth-order valence-electron chi connectivity index (χ4n) is 3.74. The number of anilines is 1. The highest BCUT2D eigenvalue weighted by atomic mass is 16.3. The second kappa shape index (κ2) is 6.90. The number of carbonyl (C=O) groups excluding carboxylic acids is 3. The van der Waals surface area contributed by atoms with E-state index in [1.54, 1.807) is 35.4 Å². The first-order valence-corrected chi connectivity index (χ1v) is 9.06. The molecule has 1 atom stereocenters. The first-order chi connectivity index (χ1) is 13.0. The molecule has 1 aromatic heterocycles. The van der Waals surface area contributed by atoms with Gasteiger partial charge in [0.05, 0.1) is 24.1 Å². The maximum Gasteiger partial charge on any atom is 0.256 e. The van der Waals surface area contributed by atoms with Gasteiger partial charge in [-0.25, -0.2) is 0 Å². The van der Waals surface area contributed by atoms with Crippen molar-refractivity contribution < 1.29 is 18.8 Å². The van der Waals surface area contributed by atoms with Crippen LogP contribution in [0.4, 0.5) is 5.69 Å². The van der Waals surface area contributed by atoms with Crippen LogP contribution < -0.4 is 10.2 Å². The van der Waals surface area contributed by atoms with Crippen LogP contribution in [-0.2, 0) is 16.1 Å². The highest BCUT2D eigenvalue weighted by molar-refractivity contribution is 6.12. The average molecular weight is 367 g/mol. The molecule has 2 aromatic rings. The normalized spacial score (nSPS) is 18.9. The van der Waals surface area contributed by atoms with E-state index >= 15 is 0 Å². The number of hydrogen-bond donors (Lipinski definition) is 1. The number of benzene rings is 1. The highest BCUT2D eigenvalue weighted by Gasteiger charge is 2.42. The van der Waals surface area contributed by atoms with E-state index in [9.17, 15) is 14.4 Å². The first kappa shape index (κ1) is 17.3. The average Bonchev–Trinajstić information content (AvgIpc) is 3.33. The number of fused-ring (bicyclic) bond motifs is 2. The van der Waals surface area contributed by atoms with Crippen LogP contribution in [0.15, 0.2) is 41.0 Å². The van der Waals surface area contributed by atoms with Gasteiger partial charge in [0, 0.05) is 6.54 Å². The Balaban J connectivity index is 1.61. The zero-order chi connectivity index (χ0) is 19.0. The number of rotatable bonds is 4. The summed E-state index contributed by atoms with van der Waals surface area (Å²) < 4.78 is 5.21. The Morgan fingerprint density at radius 1 is 1.30 bits per heavy atom. The van der Waals surface area contributed by atoms with E-state index in [-0.39, 0.29) is 30.8 Å². The third-order valence-electron chi connectivity index (χ3n) is 5.08. The fraction of sp³-hybridized carbons (Fsp3) is 0.350. The molecular weight excluding hydrogens is 346 g/mol. The molecule has 0 aliphatic carbocycles. The van der Waals surface area contributed by atoms with Gasteiger partial charge in [0.1, 0.15) is 18.3 Å². The van der Waals surface area contributed by atoms with Crippen molar-refractivity contribution in [3.05, 3.63) is 53.5 Å². The summed E-state index contributed by atoms with van der Waals surface area (Å²) in [6, 6.07) is 8.41. The van der Waals surface area contributed by atoms with Crippen LogP contribution in [-0.4, -0.2) is 41.8 Å². The van der Waals surface area contributed by atoms with Crippen molar-refractivity contribution in [3.63, 3.8) is 0 Å². The van der Waals surface area contributed by atoms with Crippen molar-refractivity contribution in [1.82, 2.24) is 10.2 Å². The lowest BCUT2D eigenvalue weighted by molar-refractivity contribution is -0.125. The van der Waals surface area contributed by atoms with Gasteiger partial charge in [-0.05, 0) is 44.0 Å². The molecule has 3 amide bonds. The van der Waals surface area contributed by atoms with Crippen molar-refractivity contribution in [2.75, 3.05) is 18.0 Å². The molecule has 27 heavy (non-hydrogen) atoms. The molecule has 1 aromatic carbocycles. The second-order valence-corrected chi connectivity index (χ2v) is 6.96. The SMILES string of the molecule is Cc1ccc2c(c1)C(=O)N1CCCC1C(=O)N2CC(=O)NCc1ccco1. The standard InChI is InChI=1S/C20H21N3O4/c1-13-6-7-16-15(10-13)19(25)22-8-2-5-17(22)20(26)23(16)12-18(24)21-11-14-4-3-9-27-14/h3-4,6-7,9-10,17H,2,5,8,11-12H2,1H3,(H,21,24). The summed E-state index contributed by atoms with van der Waals surface area (Å²) in [4.78, 5) is 41.6. The Labute approximate surface area is 156 Å². The quantitative estimate of drug-likeness (QED) is 0.894. The van der Waals surface area contributed by atoms with Gasteiger partial charge < -0.3 is 19.5 Å². The molecule has 0 radical (unpaired) electrons. The molecule has 7 heteroatoms. The Hall–Kier alpha value is -3.09. The van der Waals surface area contributed by atoms with Gasteiger partial charge in [0.15, 0.2) is 0 Å². The van der Waals surface area contributed by atoms with Crippen LogP contribution in [0.2, 0.25) is 0 Å². The minimum atomic E-state index is -0.497. The summed E-state index contributed by atoms with van der Waals surface area (Å²) in [7, 11) is 0. The predicted octanol–water partition coefficient (Wildman–Crippen LogP) is 1.86. The minimum Gasteiger partial charge on any atom is -0.467 e. The Morgan fingerprint density at radius 2 is 2.15 bits per heavy atom. The van der Waals surface area contributed by atoms with Crippen LogP contribution in [0.1, 0.15) is 34.5 Å². The number of aryl methyl sites for hydroxylation is 1. The minimum absolute atomic E-state index is 0.132. The lowest BCUT2D eigenvalue weighted by Gasteiger charge is -2.25. The topological polar surface area (TPSA) is 82.9 Å². The van der Waals surface area contributed by atoms with Gasteiger partial charge in [-0.15, -0.1) is 0 Å². The van der Waals surface area contributed by atoms with Gasteiger partial charge in [-0.1, -0.05) is 11.6 Å². The number of furan rings is 1. The zero-order valence-corrected chi connectivity index (χ0v) is 15.1. The Bertz CT molecular complexity index is 891. The van der Waals surface area contributed by atoms with Gasteiger partial charge in [0.25, 0.3) is 5.91 Å². The first-order valence-electron chi connectivity index (χ1n) is 9.06. The molecule has 1 fully saturated rings. The molecule has 7 nitrogen and oxygen atoms in total. The summed E-state index contributed by atoms with van der Waals surface area (Å²) in [5, 5.41) is 2.76. The van der Waals surface area contributed by atoms with E-state index in [1.165, 1.54) is 4.90 Å². The maximum absolute atomic E-state index is 13.1. The van der Waals surface area contributed by atoms with Crippen LogP contribution in [0.25, 0.3) is 0 Å². The number of nitrogens with one attached hydrogen (secondary N) is 1. The molecule has 1 N–H and O–H groups in total. The van der Waals surface area contributed by atoms with E-state index in [4.69, 9.17) is 4.42 Å². The molecule has 4 rings (SSSR count). The van der Waals surface area contributed by atoms with Gasteiger partial charge in [-0.3, -0.25) is 14.4 Å². The van der Waals surface area contributed by atoms with Gasteiger partial charge in [-0.2, -0.15) is 0 Å². The van der Waals surface area contributed by atoms with E-state index in [2.05, 4.69) is 5.32 Å². The molecule has 0 bridgehead atoms. The summed E-state index contributed by atoms with van der Waals surface area (Å²) in [5.74, 6) is 0.00327. The molecule has 0 spiro atoms. The molecule has 2 aliphatic heterocycles. The van der Waals surface area contributed by atoms with Crippen molar-refractivity contribution >= 4 is 23.4 Å². The Kier molecular flexibility index (Phi) is 4.43. The summed E-state index contributed by atoms with van der Waals surface area (Å²) in [6.45, 7) is 2.60. The van der Waals surface area contributed by atoms with E-state index in [0.29, 0.717) is 30.0 Å². The summed E-state index contributed by atoms with van der Waals surface area (Å²) in [6.07, 6.45) is 2.96. The van der Waals surface area contributed by atoms with E-state index in [1.807, 2.05) is 13.0 Å². The second-order valence-electron chi connectivity index (χ2n) is 6.96. The number of nitrogens with zero attached hydrogens (tertiary/aromatic N) is 2. The lowest BCUT2D eigenvalue weighted by atomic mass is 10.1. The van der Waals surface area contributed by atoms with Crippen molar-refractivity contribution in [3.8, 4) is 0 Å². The molecule has 140 valence electrons. The van der Waals surface area contributed by atoms with E-state index in [0.717, 1.165) is 12.0 Å². The largest absolute Gasteiger partial charge is 0.467 e. The summed E-state index contributed by atoms with van der Waals surface area (Å²) >= 11 is 0. The molecule has 0 saturated carbocycles. The number of hydrogen-bond acceptors (Lipinski definition) is 4. The monoisotopic (exact) mass is 367 g/mol. The third kappa shape index (κ3) is 3.20. The van der Waals surface area contributed by atoms with Crippen molar-refractivity contribution in [2.24, 2.45) is 0 Å². The molecule has 1 unspecified atom stereocenters. The lowest BCUT2D eigenvalue weighted by Crippen LogP contribution is -2.48. The third-order valence-corrected chi connectivity index (χ3v) is 5.08. The van der Waals surface area contributed by atoms with Crippen molar-refractivity contribution in [1.29, 1.82) is 0 Å². The van der Waals surface area contributed by atoms with Crippen LogP contribution in [0.5, 0.6) is 0 Å². The smallest absolute Gasteiger partial charge is 0.256 e. The number of carbonyl (C=O) groups is 3. The molecular formula is C20H21N3O4. The van der Waals surface area contributed by atoms with Gasteiger partial charge in [0.2, 0.25) is 11.8 Å². The van der Waals surface area contributed by atoms with Crippen LogP contribution in [0, 0.1) is 6.92 Å². The highest BCUT2D eigenvalue weighted by Crippen LogP contribution is 2.32. The number of amides is 3. The van der Waals surface area contributed by atoms with Gasteiger partial charge >= 0.3 is 0 Å². The predicted molar refractivity (Wildman–Crippen MR) is 98.1 cm³/mol. The fourth-order valence-corrected chi connectivity index (χ4v) is 3.74. The molecule has 1 saturated heterocycles. The maximum atomic E-state index is 13.1. The zero-order valence-electron chi connectivity index (χ0n) is 15.1. The Morgan fingerprint density at radius 3 is 2.93 bits per heavy atom.